The molecule has 0 radical (unpaired) electrons. The summed E-state index contributed by atoms with van der Waals surface area (Å²) < 4.78 is 26.0. The fraction of sp³-hybridized carbons (Fsp3) is 0.471. The van der Waals surface area contributed by atoms with Crippen LogP contribution in [0.1, 0.15) is 45.1 Å². The molecule has 2 nitrogen and oxygen atoms in total. The number of rotatable bonds is 8. The summed E-state index contributed by atoms with van der Waals surface area (Å²) >= 11 is 0. The first-order valence-electron chi connectivity index (χ1n) is 7.47. The van der Waals surface area contributed by atoms with Crippen LogP contribution in [-0.4, -0.2) is 12.5 Å². The van der Waals surface area contributed by atoms with Gasteiger partial charge >= 0.3 is 0 Å². The van der Waals surface area contributed by atoms with E-state index >= 15 is 0 Å². The highest BCUT2D eigenvalue weighted by Gasteiger charge is 2.07. The lowest BCUT2D eigenvalue weighted by molar-refractivity contribution is -0.116. The molecule has 0 fully saturated rings. The molecule has 0 aromatic heterocycles. The first-order valence-corrected chi connectivity index (χ1v) is 7.47. The topological polar surface area (TPSA) is 29.1 Å². The molecule has 4 heteroatoms. The zero-order valence-corrected chi connectivity index (χ0v) is 12.7. The molecular formula is C17H23F2NO. The Balaban J connectivity index is 2.50. The molecule has 1 aromatic carbocycles. The number of hydrogen-bond acceptors (Lipinski definition) is 1. The Bertz CT molecular complexity index is 459. The van der Waals surface area contributed by atoms with Crippen molar-refractivity contribution < 1.29 is 13.6 Å². The van der Waals surface area contributed by atoms with Crippen molar-refractivity contribution in [1.29, 1.82) is 0 Å². The van der Waals surface area contributed by atoms with Gasteiger partial charge in [-0.2, -0.15) is 0 Å². The molecule has 0 atom stereocenters. The molecule has 0 aliphatic rings. The van der Waals surface area contributed by atoms with Crippen LogP contribution < -0.4 is 5.32 Å². The predicted octanol–water partition coefficient (Wildman–Crippen LogP) is 4.31. The third kappa shape index (κ3) is 7.02. The first-order chi connectivity index (χ1) is 10.0. The summed E-state index contributed by atoms with van der Waals surface area (Å²) in [6, 6.07) is 3.17. The van der Waals surface area contributed by atoms with E-state index in [4.69, 9.17) is 0 Å². The largest absolute Gasteiger partial charge is 0.352 e. The third-order valence-corrected chi connectivity index (χ3v) is 3.27. The van der Waals surface area contributed by atoms with Crippen LogP contribution in [0.3, 0.4) is 0 Å². The Morgan fingerprint density at radius 2 is 1.71 bits per heavy atom. The van der Waals surface area contributed by atoms with Gasteiger partial charge in [0.05, 0.1) is 0 Å². The second-order valence-corrected chi connectivity index (χ2v) is 5.22. The molecule has 21 heavy (non-hydrogen) atoms. The van der Waals surface area contributed by atoms with Crippen molar-refractivity contribution in [2.75, 3.05) is 6.54 Å². The first kappa shape index (κ1) is 17.3. The van der Waals surface area contributed by atoms with Crippen LogP contribution >= 0.6 is 0 Å². The minimum atomic E-state index is -0.652. The lowest BCUT2D eigenvalue weighted by Crippen LogP contribution is -2.27. The number of nitrogens with one attached hydrogen (secondary N) is 1. The Labute approximate surface area is 125 Å². The highest BCUT2D eigenvalue weighted by Crippen LogP contribution is 2.12. The summed E-state index contributed by atoms with van der Waals surface area (Å²) in [5.74, 6) is -1.05. The second-order valence-electron chi connectivity index (χ2n) is 5.22. The van der Waals surface area contributed by atoms with Crippen LogP contribution in [0.5, 0.6) is 0 Å². The van der Waals surface area contributed by atoms with Crippen molar-refractivity contribution in [1.82, 2.24) is 5.32 Å². The van der Waals surface area contributed by atoms with Gasteiger partial charge in [-0.15, -0.1) is 0 Å². The van der Waals surface area contributed by atoms with Crippen LogP contribution in [0.2, 0.25) is 0 Å². The van der Waals surface area contributed by atoms with Crippen LogP contribution in [0.25, 0.3) is 6.08 Å². The van der Waals surface area contributed by atoms with E-state index < -0.39 is 11.6 Å². The van der Waals surface area contributed by atoms with Crippen molar-refractivity contribution in [2.24, 2.45) is 5.92 Å². The number of halogens is 2. The van der Waals surface area contributed by atoms with Crippen molar-refractivity contribution in [3.05, 3.63) is 41.5 Å². The molecule has 1 N–H and O–H groups in total. The summed E-state index contributed by atoms with van der Waals surface area (Å²) in [5, 5.41) is 2.84. The standard InChI is InChI=1S/C17H23F2NO/c1-3-5-13(6-4-2)12-20-17(21)8-7-14-9-15(18)11-16(19)10-14/h7-11,13H,3-6,12H2,1-2H3,(H,20,21)/b8-7+. The Hall–Kier alpha value is -1.71. The van der Waals surface area contributed by atoms with Crippen LogP contribution in [-0.2, 0) is 4.79 Å². The maximum atomic E-state index is 13.0. The number of carbonyl (C=O) groups excluding carboxylic acids is 1. The minimum absolute atomic E-state index is 0.239. The number of hydrogen-bond donors (Lipinski definition) is 1. The average Bonchev–Trinajstić information content (AvgIpc) is 2.42. The average molecular weight is 295 g/mol. The zero-order chi connectivity index (χ0) is 15.7. The van der Waals surface area contributed by atoms with E-state index in [1.54, 1.807) is 0 Å². The Morgan fingerprint density at radius 1 is 1.14 bits per heavy atom. The monoisotopic (exact) mass is 295 g/mol. The lowest BCUT2D eigenvalue weighted by Gasteiger charge is -2.15. The quantitative estimate of drug-likeness (QED) is 0.711. The molecule has 0 saturated heterocycles. The summed E-state index contributed by atoms with van der Waals surface area (Å²) in [6.45, 7) is 4.90. The van der Waals surface area contributed by atoms with Gasteiger partial charge in [0.25, 0.3) is 0 Å². The van der Waals surface area contributed by atoms with Gasteiger partial charge in [0.2, 0.25) is 5.91 Å². The van der Waals surface area contributed by atoms with E-state index in [9.17, 15) is 13.6 Å². The Morgan fingerprint density at radius 3 is 2.24 bits per heavy atom. The summed E-state index contributed by atoms with van der Waals surface area (Å²) in [4.78, 5) is 11.7. The highest BCUT2D eigenvalue weighted by molar-refractivity contribution is 5.91. The smallest absolute Gasteiger partial charge is 0.244 e. The van der Waals surface area contributed by atoms with Crippen molar-refractivity contribution in [2.45, 2.75) is 39.5 Å². The molecule has 116 valence electrons. The van der Waals surface area contributed by atoms with E-state index in [2.05, 4.69) is 19.2 Å². The molecule has 1 aromatic rings. The molecule has 0 bridgehead atoms. The maximum absolute atomic E-state index is 13.0. The Kier molecular flexibility index (Phi) is 7.65. The fourth-order valence-electron chi connectivity index (χ4n) is 2.31. The molecule has 0 heterocycles. The van der Waals surface area contributed by atoms with E-state index in [0.717, 1.165) is 31.7 Å². The molecular weight excluding hydrogens is 272 g/mol. The van der Waals surface area contributed by atoms with Crippen LogP contribution in [0.15, 0.2) is 24.3 Å². The van der Waals surface area contributed by atoms with Crippen molar-refractivity contribution >= 4 is 12.0 Å². The van der Waals surface area contributed by atoms with E-state index in [1.165, 1.54) is 24.3 Å². The predicted molar refractivity (Wildman–Crippen MR) is 81.7 cm³/mol. The molecule has 1 rings (SSSR count). The molecule has 0 saturated carbocycles. The van der Waals surface area contributed by atoms with Gasteiger partial charge in [0, 0.05) is 18.7 Å². The normalized spacial score (nSPS) is 11.3. The lowest BCUT2D eigenvalue weighted by atomic mass is 9.98. The van der Waals surface area contributed by atoms with Crippen molar-refractivity contribution in [3.8, 4) is 0 Å². The SMILES string of the molecule is CCCC(CCC)CNC(=O)/C=C/c1cc(F)cc(F)c1. The van der Waals surface area contributed by atoms with Gasteiger partial charge in [-0.3, -0.25) is 4.79 Å². The van der Waals surface area contributed by atoms with Gasteiger partial charge in [-0.25, -0.2) is 8.78 Å². The van der Waals surface area contributed by atoms with E-state index in [0.29, 0.717) is 18.0 Å². The number of benzene rings is 1. The molecule has 0 aliphatic carbocycles. The maximum Gasteiger partial charge on any atom is 0.244 e. The molecule has 0 aliphatic heterocycles. The van der Waals surface area contributed by atoms with Gasteiger partial charge in [-0.1, -0.05) is 26.7 Å². The van der Waals surface area contributed by atoms with Crippen LogP contribution in [0, 0.1) is 17.6 Å². The third-order valence-electron chi connectivity index (χ3n) is 3.27. The summed E-state index contributed by atoms with van der Waals surface area (Å²) in [7, 11) is 0. The molecule has 0 spiro atoms. The number of amides is 1. The van der Waals surface area contributed by atoms with E-state index in [-0.39, 0.29) is 5.91 Å². The fourth-order valence-corrected chi connectivity index (χ4v) is 2.31. The van der Waals surface area contributed by atoms with Crippen molar-refractivity contribution in [3.63, 3.8) is 0 Å². The number of carbonyl (C=O) groups is 1. The second kappa shape index (κ2) is 9.27. The minimum Gasteiger partial charge on any atom is -0.352 e. The zero-order valence-electron chi connectivity index (χ0n) is 12.7. The summed E-state index contributed by atoms with van der Waals surface area (Å²) in [5.41, 5.74) is 0.335. The molecule has 1 amide bonds. The van der Waals surface area contributed by atoms with Crippen LogP contribution in [0.4, 0.5) is 8.78 Å². The summed E-state index contributed by atoms with van der Waals surface area (Å²) in [6.07, 6.45) is 7.09. The molecule has 0 unspecified atom stereocenters. The van der Waals surface area contributed by atoms with Gasteiger partial charge in [0.1, 0.15) is 11.6 Å². The van der Waals surface area contributed by atoms with E-state index in [1.807, 2.05) is 0 Å². The highest BCUT2D eigenvalue weighted by atomic mass is 19.1. The van der Waals surface area contributed by atoms with Gasteiger partial charge < -0.3 is 5.32 Å². The van der Waals surface area contributed by atoms with Gasteiger partial charge in [-0.05, 0) is 42.5 Å². The van der Waals surface area contributed by atoms with Gasteiger partial charge in [0.15, 0.2) is 0 Å².